The Morgan fingerprint density at radius 1 is 1.35 bits per heavy atom. The largest absolute Gasteiger partial charge is 0.378 e. The number of amides is 1. The van der Waals surface area contributed by atoms with Crippen LogP contribution in [0.15, 0.2) is 17.5 Å². The number of nitrogens with two attached hydrogens (primary N) is 1. The van der Waals surface area contributed by atoms with Crippen molar-refractivity contribution in [2.24, 2.45) is 5.73 Å². The number of thiophene rings is 1. The minimum Gasteiger partial charge on any atom is -0.378 e. The number of likely N-dealkylation sites (tertiary alicyclic amines) is 1. The monoisotopic (exact) mass is 457 g/mol. The molecule has 3 rings (SSSR count). The lowest BCUT2D eigenvalue weighted by Gasteiger charge is -2.31. The molecule has 10 heteroatoms. The van der Waals surface area contributed by atoms with E-state index in [-0.39, 0.29) is 36.8 Å². The van der Waals surface area contributed by atoms with E-state index in [2.05, 4.69) is 4.98 Å². The third-order valence-corrected chi connectivity index (χ3v) is 6.18. The van der Waals surface area contributed by atoms with E-state index >= 15 is 0 Å². The van der Waals surface area contributed by atoms with Crippen molar-refractivity contribution < 1.29 is 9.53 Å². The Kier molecular flexibility index (Phi) is 10.4. The maximum atomic E-state index is 12.6. The second-order valence-electron chi connectivity index (χ2n) is 5.65. The van der Waals surface area contributed by atoms with Crippen LogP contribution in [-0.4, -0.2) is 48.1 Å². The minimum absolute atomic E-state index is 0. The highest BCUT2D eigenvalue weighted by atomic mass is 35.5. The second-order valence-corrected chi connectivity index (χ2v) is 8.22. The second kappa shape index (κ2) is 11.4. The van der Waals surface area contributed by atoms with Crippen molar-refractivity contribution >= 4 is 65.0 Å². The minimum atomic E-state index is 0. The third kappa shape index (κ3) is 6.05. The molecule has 0 atom stereocenters. The van der Waals surface area contributed by atoms with Crippen LogP contribution in [0.4, 0.5) is 0 Å². The van der Waals surface area contributed by atoms with Gasteiger partial charge >= 0.3 is 0 Å². The van der Waals surface area contributed by atoms with E-state index in [1.807, 2.05) is 22.4 Å². The van der Waals surface area contributed by atoms with Gasteiger partial charge in [-0.3, -0.25) is 4.79 Å². The topological polar surface area (TPSA) is 68.5 Å². The quantitative estimate of drug-likeness (QED) is 0.654. The molecule has 1 aliphatic heterocycles. The SMILES string of the molecule is Cl.Cl.NCCCOC1CCN(C(=O)c2csc(-c3ccc(Cl)s3)n2)CC1. The first-order valence-corrected chi connectivity index (χ1v) is 10.1. The van der Waals surface area contributed by atoms with E-state index in [1.165, 1.54) is 22.7 Å². The van der Waals surface area contributed by atoms with Crippen molar-refractivity contribution in [1.82, 2.24) is 9.88 Å². The molecule has 1 aliphatic rings. The Labute approximate surface area is 178 Å². The molecule has 1 amide bonds. The number of halogens is 3. The molecule has 2 N–H and O–H groups in total. The molecule has 2 aromatic heterocycles. The molecule has 26 heavy (non-hydrogen) atoms. The maximum absolute atomic E-state index is 12.6. The van der Waals surface area contributed by atoms with E-state index in [0.29, 0.717) is 31.9 Å². The van der Waals surface area contributed by atoms with Crippen LogP contribution in [0, 0.1) is 0 Å². The molecule has 5 nitrogen and oxygen atoms in total. The highest BCUT2D eigenvalue weighted by Gasteiger charge is 2.25. The number of hydrogen-bond acceptors (Lipinski definition) is 6. The molecule has 0 saturated carbocycles. The predicted molar refractivity (Wildman–Crippen MR) is 113 cm³/mol. The molecule has 146 valence electrons. The normalized spacial score (nSPS) is 14.6. The van der Waals surface area contributed by atoms with Gasteiger partial charge < -0.3 is 15.4 Å². The average Bonchev–Trinajstić information content (AvgIpc) is 3.24. The van der Waals surface area contributed by atoms with Crippen LogP contribution in [-0.2, 0) is 4.74 Å². The Morgan fingerprint density at radius 2 is 2.08 bits per heavy atom. The zero-order chi connectivity index (χ0) is 16.9. The van der Waals surface area contributed by atoms with Crippen molar-refractivity contribution in [3.8, 4) is 9.88 Å². The van der Waals surface area contributed by atoms with Gasteiger partial charge in [-0.2, -0.15) is 0 Å². The van der Waals surface area contributed by atoms with Gasteiger partial charge in [0.25, 0.3) is 5.91 Å². The first-order chi connectivity index (χ1) is 11.7. The van der Waals surface area contributed by atoms with Gasteiger partial charge in [-0.1, -0.05) is 11.6 Å². The lowest BCUT2D eigenvalue weighted by Crippen LogP contribution is -2.41. The number of piperidine rings is 1. The number of hydrogen-bond donors (Lipinski definition) is 1. The standard InChI is InChI=1S/C16H20ClN3O2S2.2ClH/c17-14-3-2-13(24-14)15-19-12(10-23-15)16(21)20-7-4-11(5-8-20)22-9-1-6-18;;/h2-3,10-11H,1,4-9,18H2;2*1H. The molecule has 0 radical (unpaired) electrons. The molecule has 1 fully saturated rings. The Bertz CT molecular complexity index is 688. The molecule has 0 aliphatic carbocycles. The summed E-state index contributed by atoms with van der Waals surface area (Å²) in [5.41, 5.74) is 5.99. The first-order valence-electron chi connectivity index (χ1n) is 7.99. The summed E-state index contributed by atoms with van der Waals surface area (Å²) in [6.45, 7) is 2.78. The predicted octanol–water partition coefficient (Wildman–Crippen LogP) is 4.34. The summed E-state index contributed by atoms with van der Waals surface area (Å²) in [5, 5.41) is 2.67. The Morgan fingerprint density at radius 3 is 2.69 bits per heavy atom. The highest BCUT2D eigenvalue weighted by molar-refractivity contribution is 7.23. The van der Waals surface area contributed by atoms with Gasteiger partial charge in [0.2, 0.25) is 0 Å². The van der Waals surface area contributed by atoms with Crippen molar-refractivity contribution in [3.05, 3.63) is 27.5 Å². The number of carbonyl (C=O) groups excluding carboxylic acids is 1. The lowest BCUT2D eigenvalue weighted by atomic mass is 10.1. The molecule has 0 aromatic carbocycles. The van der Waals surface area contributed by atoms with Crippen LogP contribution in [0.3, 0.4) is 0 Å². The van der Waals surface area contributed by atoms with Gasteiger partial charge in [0.1, 0.15) is 10.7 Å². The number of aromatic nitrogens is 1. The summed E-state index contributed by atoms with van der Waals surface area (Å²) in [6, 6.07) is 3.78. The average molecular weight is 459 g/mol. The van der Waals surface area contributed by atoms with Crippen LogP contribution < -0.4 is 5.73 Å². The zero-order valence-corrected chi connectivity index (χ0v) is 18.1. The first kappa shape index (κ1) is 23.6. The van der Waals surface area contributed by atoms with E-state index < -0.39 is 0 Å². The van der Waals surface area contributed by atoms with E-state index in [9.17, 15) is 4.79 Å². The van der Waals surface area contributed by atoms with Crippen LogP contribution >= 0.6 is 59.1 Å². The summed E-state index contributed by atoms with van der Waals surface area (Å²) in [4.78, 5) is 19.9. The number of thiazole rings is 1. The van der Waals surface area contributed by atoms with E-state index in [4.69, 9.17) is 22.1 Å². The summed E-state index contributed by atoms with van der Waals surface area (Å²) >= 11 is 8.92. The molecule has 0 spiro atoms. The Hall–Kier alpha value is -0.410. The molecule has 0 bridgehead atoms. The smallest absolute Gasteiger partial charge is 0.273 e. The van der Waals surface area contributed by atoms with E-state index in [0.717, 1.165) is 33.5 Å². The van der Waals surface area contributed by atoms with Crippen LogP contribution in [0.5, 0.6) is 0 Å². The van der Waals surface area contributed by atoms with Crippen LogP contribution in [0.2, 0.25) is 4.34 Å². The molecule has 1 saturated heterocycles. The van der Waals surface area contributed by atoms with Gasteiger partial charge in [0.15, 0.2) is 0 Å². The number of rotatable bonds is 6. The number of nitrogens with zero attached hydrogens (tertiary/aromatic N) is 2. The molecular formula is C16H22Cl3N3O2S2. The molecule has 2 aromatic rings. The van der Waals surface area contributed by atoms with Gasteiger partial charge in [-0.15, -0.1) is 47.5 Å². The van der Waals surface area contributed by atoms with Crippen molar-refractivity contribution in [2.75, 3.05) is 26.2 Å². The molecular weight excluding hydrogens is 437 g/mol. The fraction of sp³-hybridized carbons (Fsp3) is 0.500. The van der Waals surface area contributed by atoms with Gasteiger partial charge in [-0.25, -0.2) is 4.98 Å². The number of carbonyl (C=O) groups is 1. The van der Waals surface area contributed by atoms with E-state index in [1.54, 1.807) is 0 Å². The van der Waals surface area contributed by atoms with Gasteiger partial charge in [0.05, 0.1) is 15.3 Å². The van der Waals surface area contributed by atoms with Crippen molar-refractivity contribution in [3.63, 3.8) is 0 Å². The molecule has 0 unspecified atom stereocenters. The lowest BCUT2D eigenvalue weighted by molar-refractivity contribution is 0.00831. The highest BCUT2D eigenvalue weighted by Crippen LogP contribution is 2.33. The van der Waals surface area contributed by atoms with Gasteiger partial charge in [-0.05, 0) is 37.9 Å². The van der Waals surface area contributed by atoms with Gasteiger partial charge in [0, 0.05) is 25.1 Å². The fourth-order valence-corrected chi connectivity index (χ4v) is 4.54. The summed E-state index contributed by atoms with van der Waals surface area (Å²) in [7, 11) is 0. The maximum Gasteiger partial charge on any atom is 0.273 e. The zero-order valence-electron chi connectivity index (χ0n) is 14.1. The summed E-state index contributed by atoms with van der Waals surface area (Å²) in [5.74, 6) is 0.000520. The Balaban J connectivity index is 0.00000169. The fourth-order valence-electron chi connectivity index (χ4n) is 2.64. The third-order valence-electron chi connectivity index (χ3n) is 3.94. The van der Waals surface area contributed by atoms with Crippen molar-refractivity contribution in [1.29, 1.82) is 0 Å². The summed E-state index contributed by atoms with van der Waals surface area (Å²) in [6.07, 6.45) is 2.86. The van der Waals surface area contributed by atoms with Crippen LogP contribution in [0.25, 0.3) is 9.88 Å². The summed E-state index contributed by atoms with van der Waals surface area (Å²) < 4.78 is 6.51. The molecule has 3 heterocycles. The number of ether oxygens (including phenoxy) is 1. The van der Waals surface area contributed by atoms with Crippen molar-refractivity contribution in [2.45, 2.75) is 25.4 Å². The van der Waals surface area contributed by atoms with Crippen LogP contribution in [0.1, 0.15) is 29.8 Å².